The van der Waals surface area contributed by atoms with Gasteiger partial charge in [0.25, 0.3) is 5.91 Å². The van der Waals surface area contributed by atoms with E-state index in [1.807, 2.05) is 0 Å². The third-order valence-electron chi connectivity index (χ3n) is 2.60. The van der Waals surface area contributed by atoms with Crippen LogP contribution in [0.25, 0.3) is 0 Å². The molecule has 0 saturated heterocycles. The zero-order chi connectivity index (χ0) is 16.5. The Morgan fingerprint density at radius 1 is 1.27 bits per heavy atom. The van der Waals surface area contributed by atoms with E-state index in [1.54, 1.807) is 0 Å². The van der Waals surface area contributed by atoms with E-state index in [0.29, 0.717) is 6.07 Å². The second-order valence-electron chi connectivity index (χ2n) is 4.13. The van der Waals surface area contributed by atoms with Crippen molar-refractivity contribution in [3.8, 4) is 0 Å². The summed E-state index contributed by atoms with van der Waals surface area (Å²) in [5.74, 6) is -1.54. The average molecular weight is 398 g/mol. The molecule has 0 aliphatic carbocycles. The lowest BCUT2D eigenvalue weighted by Crippen LogP contribution is -2.14. The molecule has 0 saturated carbocycles. The van der Waals surface area contributed by atoms with Crippen LogP contribution in [0.5, 0.6) is 0 Å². The lowest BCUT2D eigenvalue weighted by Gasteiger charge is -2.13. The van der Waals surface area contributed by atoms with Crippen LogP contribution >= 0.6 is 27.5 Å². The van der Waals surface area contributed by atoms with Crippen molar-refractivity contribution in [3.05, 3.63) is 57.0 Å². The van der Waals surface area contributed by atoms with Gasteiger partial charge in [-0.25, -0.2) is 4.98 Å². The molecule has 1 amide bonds. The molecule has 1 N–H and O–H groups in total. The van der Waals surface area contributed by atoms with Crippen molar-refractivity contribution in [3.63, 3.8) is 0 Å². The van der Waals surface area contributed by atoms with Crippen molar-refractivity contribution in [2.24, 2.45) is 0 Å². The van der Waals surface area contributed by atoms with Gasteiger partial charge in [0, 0.05) is 10.7 Å². The average Bonchev–Trinajstić information content (AvgIpc) is 2.41. The van der Waals surface area contributed by atoms with Crippen molar-refractivity contribution in [2.75, 3.05) is 5.32 Å². The van der Waals surface area contributed by atoms with Gasteiger partial charge in [0.05, 0.1) is 21.8 Å². The first kappa shape index (κ1) is 16.7. The molecule has 0 atom stereocenters. The van der Waals surface area contributed by atoms with Gasteiger partial charge in [-0.05, 0) is 24.3 Å². The number of aromatic nitrogens is 1. The van der Waals surface area contributed by atoms with E-state index in [0.717, 1.165) is 24.4 Å². The Hall–Kier alpha value is -1.67. The Morgan fingerprint density at radius 3 is 2.50 bits per heavy atom. The highest BCUT2D eigenvalue weighted by Gasteiger charge is 2.34. The molecular weight excluding hydrogens is 392 g/mol. The van der Waals surface area contributed by atoms with Gasteiger partial charge in [0.2, 0.25) is 5.95 Å². The number of rotatable bonds is 2. The van der Waals surface area contributed by atoms with Crippen LogP contribution in [0.3, 0.4) is 0 Å². The highest BCUT2D eigenvalue weighted by Crippen LogP contribution is 2.39. The first-order valence-electron chi connectivity index (χ1n) is 5.67. The number of hydrogen-bond donors (Lipinski definition) is 1. The summed E-state index contributed by atoms with van der Waals surface area (Å²) in [5, 5.41) is 2.15. The van der Waals surface area contributed by atoms with Gasteiger partial charge in [-0.15, -0.1) is 0 Å². The van der Waals surface area contributed by atoms with Gasteiger partial charge in [0.15, 0.2) is 0 Å². The van der Waals surface area contributed by atoms with Gasteiger partial charge in [-0.2, -0.15) is 17.6 Å². The number of halogens is 6. The number of anilines is 1. The quantitative estimate of drug-likeness (QED) is 0.578. The number of nitrogens with zero attached hydrogens (tertiary/aromatic N) is 1. The van der Waals surface area contributed by atoms with Gasteiger partial charge < -0.3 is 5.32 Å². The topological polar surface area (TPSA) is 42.0 Å². The summed E-state index contributed by atoms with van der Waals surface area (Å²) in [5.41, 5.74) is -1.22. The van der Waals surface area contributed by atoms with E-state index in [1.165, 1.54) is 0 Å². The molecule has 0 spiro atoms. The zero-order valence-electron chi connectivity index (χ0n) is 10.5. The van der Waals surface area contributed by atoms with Crippen molar-refractivity contribution in [1.29, 1.82) is 0 Å². The maximum atomic E-state index is 12.8. The fourth-order valence-electron chi connectivity index (χ4n) is 1.57. The monoisotopic (exact) mass is 396 g/mol. The number of carbonyl (C=O) groups excluding carboxylic acids is 1. The van der Waals surface area contributed by atoms with Crippen LogP contribution in [0, 0.1) is 5.95 Å². The van der Waals surface area contributed by atoms with E-state index in [2.05, 4.69) is 26.2 Å². The van der Waals surface area contributed by atoms with E-state index in [9.17, 15) is 22.4 Å². The maximum absolute atomic E-state index is 12.8. The fourth-order valence-corrected chi connectivity index (χ4v) is 2.48. The number of amides is 1. The molecule has 22 heavy (non-hydrogen) atoms. The van der Waals surface area contributed by atoms with E-state index < -0.39 is 23.6 Å². The summed E-state index contributed by atoms with van der Waals surface area (Å²) in [6.45, 7) is 0. The van der Waals surface area contributed by atoms with Crippen LogP contribution in [-0.4, -0.2) is 10.9 Å². The normalized spacial score (nSPS) is 11.4. The summed E-state index contributed by atoms with van der Waals surface area (Å²) in [6, 6.07) is 3.85. The van der Waals surface area contributed by atoms with Gasteiger partial charge in [0.1, 0.15) is 0 Å². The number of nitrogens with one attached hydrogen (secondary N) is 1. The van der Waals surface area contributed by atoms with Crippen LogP contribution < -0.4 is 5.32 Å². The summed E-state index contributed by atoms with van der Waals surface area (Å²) < 4.78 is 50.9. The second kappa shape index (κ2) is 6.21. The molecule has 2 aromatic rings. The molecule has 0 bridgehead atoms. The van der Waals surface area contributed by atoms with Crippen LogP contribution in [0.15, 0.2) is 34.9 Å². The number of benzene rings is 1. The minimum absolute atomic E-state index is 0.0195. The molecule has 0 radical (unpaired) electrons. The first-order valence-corrected chi connectivity index (χ1v) is 6.84. The number of pyridine rings is 1. The second-order valence-corrected chi connectivity index (χ2v) is 5.39. The number of hydrogen-bond acceptors (Lipinski definition) is 2. The lowest BCUT2D eigenvalue weighted by atomic mass is 10.2. The van der Waals surface area contributed by atoms with Crippen molar-refractivity contribution in [1.82, 2.24) is 4.98 Å². The molecule has 3 nitrogen and oxygen atoms in total. The molecule has 0 unspecified atom stereocenters. The van der Waals surface area contributed by atoms with Crippen LogP contribution in [0.1, 0.15) is 15.9 Å². The molecule has 1 aromatic heterocycles. The Kier molecular flexibility index (Phi) is 4.72. The standard InChI is InChI=1S/C13H6BrClF4N2O/c14-8-4-9(15)10(3-7(8)13(17,18)19)21-12(22)6-1-2-11(16)20-5-6/h1-5H,(H,21,22). The van der Waals surface area contributed by atoms with Crippen LogP contribution in [0.2, 0.25) is 5.02 Å². The number of carbonyl (C=O) groups is 1. The minimum atomic E-state index is -4.61. The van der Waals surface area contributed by atoms with Gasteiger partial charge in [-0.3, -0.25) is 4.79 Å². The maximum Gasteiger partial charge on any atom is 0.417 e. The Morgan fingerprint density at radius 2 is 1.95 bits per heavy atom. The predicted octanol–water partition coefficient (Wildman–Crippen LogP) is 4.91. The molecule has 0 fully saturated rings. The van der Waals surface area contributed by atoms with Crippen molar-refractivity contribution >= 4 is 39.1 Å². The first-order chi connectivity index (χ1) is 10.2. The highest BCUT2D eigenvalue weighted by molar-refractivity contribution is 9.10. The van der Waals surface area contributed by atoms with Gasteiger partial charge in [-0.1, -0.05) is 27.5 Å². The van der Waals surface area contributed by atoms with Crippen LogP contribution in [0.4, 0.5) is 23.2 Å². The summed E-state index contributed by atoms with van der Waals surface area (Å²) in [6.07, 6.45) is -3.65. The molecule has 0 aliphatic rings. The summed E-state index contributed by atoms with van der Waals surface area (Å²) >= 11 is 8.59. The lowest BCUT2D eigenvalue weighted by molar-refractivity contribution is -0.138. The van der Waals surface area contributed by atoms with E-state index >= 15 is 0 Å². The fraction of sp³-hybridized carbons (Fsp3) is 0.0769. The highest BCUT2D eigenvalue weighted by atomic mass is 79.9. The summed E-state index contributed by atoms with van der Waals surface area (Å²) in [4.78, 5) is 15.2. The summed E-state index contributed by atoms with van der Waals surface area (Å²) in [7, 11) is 0. The molecule has 1 heterocycles. The smallest absolute Gasteiger partial charge is 0.321 e. The van der Waals surface area contributed by atoms with Crippen LogP contribution in [-0.2, 0) is 6.18 Å². The largest absolute Gasteiger partial charge is 0.417 e. The minimum Gasteiger partial charge on any atom is -0.321 e. The third-order valence-corrected chi connectivity index (χ3v) is 3.57. The molecule has 0 aliphatic heterocycles. The number of alkyl halides is 3. The SMILES string of the molecule is O=C(Nc1cc(C(F)(F)F)c(Br)cc1Cl)c1ccc(F)nc1. The van der Waals surface area contributed by atoms with E-state index in [-0.39, 0.29) is 20.7 Å². The predicted molar refractivity (Wildman–Crippen MR) is 76.3 cm³/mol. The molecule has 1 aromatic carbocycles. The van der Waals surface area contributed by atoms with Crippen molar-refractivity contribution in [2.45, 2.75) is 6.18 Å². The molecule has 9 heteroatoms. The van der Waals surface area contributed by atoms with Crippen molar-refractivity contribution < 1.29 is 22.4 Å². The Labute approximate surface area is 135 Å². The Balaban J connectivity index is 2.33. The zero-order valence-corrected chi connectivity index (χ0v) is 12.9. The van der Waals surface area contributed by atoms with E-state index in [4.69, 9.17) is 11.6 Å². The molecular formula is C13H6BrClF4N2O. The Bertz CT molecular complexity index is 719. The molecule has 116 valence electrons. The third kappa shape index (κ3) is 3.75. The molecule has 2 rings (SSSR count). The van der Waals surface area contributed by atoms with Gasteiger partial charge >= 0.3 is 6.18 Å².